The summed E-state index contributed by atoms with van der Waals surface area (Å²) in [5.41, 5.74) is 4.85. The number of carbonyl (C=O) groups excluding carboxylic acids is 4. The van der Waals surface area contributed by atoms with Gasteiger partial charge in [-0.2, -0.15) is 39.9 Å². The molecule has 14 rings (SSSR count). The summed E-state index contributed by atoms with van der Waals surface area (Å²) < 4.78 is 5.35. The summed E-state index contributed by atoms with van der Waals surface area (Å²) in [4.78, 5) is 145. The number of nitrogens with one attached hydrogen (secondary N) is 7. The molecule has 2 saturated heterocycles. The van der Waals surface area contributed by atoms with Crippen molar-refractivity contribution < 1.29 is 23.9 Å². The number of rotatable bonds is 23. The van der Waals surface area contributed by atoms with Gasteiger partial charge < -0.3 is 35.4 Å². The summed E-state index contributed by atoms with van der Waals surface area (Å²) in [6.07, 6.45) is 11.2. The van der Waals surface area contributed by atoms with Crippen LogP contribution in [-0.2, 0) is 4.74 Å². The van der Waals surface area contributed by atoms with Gasteiger partial charge in [0.25, 0.3) is 23.6 Å². The van der Waals surface area contributed by atoms with Gasteiger partial charge in [0.15, 0.2) is 23.3 Å². The highest BCUT2D eigenvalue weighted by molar-refractivity contribution is 6.05. The fourth-order valence-corrected chi connectivity index (χ4v) is 10.9. The Morgan fingerprint density at radius 1 is 0.404 bits per heavy atom. The van der Waals surface area contributed by atoms with Crippen molar-refractivity contribution in [2.75, 3.05) is 148 Å². The van der Waals surface area contributed by atoms with E-state index in [-0.39, 0.29) is 47.4 Å². The van der Waals surface area contributed by atoms with Crippen molar-refractivity contribution in [2.45, 2.75) is 41.5 Å². The number of ether oxygens (including phenoxy) is 1. The van der Waals surface area contributed by atoms with Crippen LogP contribution < -0.4 is 42.1 Å². The summed E-state index contributed by atoms with van der Waals surface area (Å²) in [5, 5.41) is 20.4. The number of pyridine rings is 8. The van der Waals surface area contributed by atoms with E-state index in [1.54, 1.807) is 113 Å². The maximum absolute atomic E-state index is 12.8. The van der Waals surface area contributed by atoms with Crippen LogP contribution in [0, 0.1) is 34.6 Å². The van der Waals surface area contributed by atoms with Gasteiger partial charge >= 0.3 is 0 Å². The molecule has 7 N–H and O–H groups in total. The highest BCUT2D eigenvalue weighted by atomic mass is 16.5. The van der Waals surface area contributed by atoms with E-state index in [0.29, 0.717) is 109 Å². The van der Waals surface area contributed by atoms with E-state index in [1.165, 1.54) is 18.6 Å². The van der Waals surface area contributed by atoms with E-state index in [2.05, 4.69) is 164 Å². The molecule has 0 saturated carbocycles. The van der Waals surface area contributed by atoms with Crippen molar-refractivity contribution in [1.82, 2.24) is 114 Å². The zero-order chi connectivity index (χ0) is 80.1. The Labute approximate surface area is 658 Å². The van der Waals surface area contributed by atoms with E-state index in [4.69, 9.17) is 4.74 Å². The Kier molecular flexibility index (Phi) is 29.0. The van der Waals surface area contributed by atoms with E-state index < -0.39 is 0 Å². The maximum Gasteiger partial charge on any atom is 0.259 e. The average molecular weight is 1540 g/mol. The van der Waals surface area contributed by atoms with Crippen LogP contribution in [0.5, 0.6) is 0 Å². The number of anilines is 8. The number of nitrogens with zero attached hydrogens (tertiary/aromatic N) is 24. The third-order valence-electron chi connectivity index (χ3n) is 16.7. The molecule has 36 heteroatoms. The number of aryl methyl sites for hydroxylation is 5. The van der Waals surface area contributed by atoms with Crippen molar-refractivity contribution in [3.63, 3.8) is 0 Å². The van der Waals surface area contributed by atoms with Gasteiger partial charge in [0.2, 0.25) is 23.8 Å². The first-order valence-corrected chi connectivity index (χ1v) is 36.6. The molecule has 36 nitrogen and oxygen atoms in total. The Morgan fingerprint density at radius 3 is 1.12 bits per heavy atom. The van der Waals surface area contributed by atoms with Crippen LogP contribution in [0.15, 0.2) is 165 Å². The molecule has 12 aromatic heterocycles. The zero-order valence-electron chi connectivity index (χ0n) is 64.6. The second-order valence-corrected chi connectivity index (χ2v) is 25.8. The number of likely N-dealkylation sites (N-methyl/N-ethyl adjacent to an activating group) is 2. The molecule has 12 aromatic rings. The molecular formula is C78H87N31O5. The molecule has 2 aliphatic rings. The molecule has 4 amide bonds. The fraction of sp³-hybridized carbons (Fsp3) is 0.282. The van der Waals surface area contributed by atoms with Gasteiger partial charge in [-0.05, 0) is 160 Å². The smallest absolute Gasteiger partial charge is 0.259 e. The van der Waals surface area contributed by atoms with Gasteiger partial charge in [-0.25, -0.2) is 39.9 Å². The van der Waals surface area contributed by atoms with Crippen molar-refractivity contribution >= 4 is 70.7 Å². The van der Waals surface area contributed by atoms with Crippen LogP contribution in [0.25, 0.3) is 46.1 Å². The molecule has 2 aliphatic heterocycles. The first-order chi connectivity index (χ1) is 55.3. The Hall–Kier alpha value is -13.8. The first-order valence-electron chi connectivity index (χ1n) is 36.6. The summed E-state index contributed by atoms with van der Waals surface area (Å²) in [7, 11) is 6.13. The molecule has 0 bridgehead atoms. The third kappa shape index (κ3) is 24.6. The number of hydrogen-bond donors (Lipinski definition) is 7. The second-order valence-electron chi connectivity index (χ2n) is 25.8. The van der Waals surface area contributed by atoms with Crippen molar-refractivity contribution in [3.05, 3.63) is 216 Å². The molecule has 2 fully saturated rings. The fourth-order valence-electron chi connectivity index (χ4n) is 10.9. The van der Waals surface area contributed by atoms with Crippen molar-refractivity contribution in [1.29, 1.82) is 0 Å². The van der Waals surface area contributed by atoms with Gasteiger partial charge in [0.1, 0.15) is 69.3 Å². The highest BCUT2D eigenvalue weighted by Gasteiger charge is 2.22. The quantitative estimate of drug-likeness (QED) is 0.0321. The van der Waals surface area contributed by atoms with Crippen LogP contribution in [0.2, 0.25) is 0 Å². The lowest BCUT2D eigenvalue weighted by Gasteiger charge is -2.33. The van der Waals surface area contributed by atoms with E-state index in [9.17, 15) is 19.2 Å². The number of piperazine rings is 1. The monoisotopic (exact) mass is 1540 g/mol. The molecule has 0 atom stereocenters. The number of amides is 4. The maximum atomic E-state index is 12.8. The van der Waals surface area contributed by atoms with E-state index in [0.717, 1.165) is 96.8 Å². The number of carbonyl (C=O) groups is 4. The molecule has 0 unspecified atom stereocenters. The summed E-state index contributed by atoms with van der Waals surface area (Å²) in [6.45, 7) is 22.2. The molecule has 0 radical (unpaired) electrons. The lowest BCUT2D eigenvalue weighted by Crippen LogP contribution is -2.44. The summed E-state index contributed by atoms with van der Waals surface area (Å²) in [6, 6.07) is 36.0. The van der Waals surface area contributed by atoms with E-state index in [1.807, 2.05) is 88.6 Å². The van der Waals surface area contributed by atoms with Crippen molar-refractivity contribution in [2.24, 2.45) is 0 Å². The van der Waals surface area contributed by atoms with Gasteiger partial charge in [-0.1, -0.05) is 24.3 Å². The zero-order valence-corrected chi connectivity index (χ0v) is 64.6. The Balaban J connectivity index is 0.000000150. The van der Waals surface area contributed by atoms with Crippen LogP contribution in [-0.4, -0.2) is 244 Å². The normalized spacial score (nSPS) is 12.6. The van der Waals surface area contributed by atoms with Crippen LogP contribution in [0.1, 0.15) is 77.3 Å². The van der Waals surface area contributed by atoms with Gasteiger partial charge in [-0.3, -0.25) is 65.3 Å². The predicted octanol–water partition coefficient (Wildman–Crippen LogP) is 7.77. The lowest BCUT2D eigenvalue weighted by molar-refractivity contribution is 0.0398. The largest absolute Gasteiger partial charge is 0.379 e. The van der Waals surface area contributed by atoms with E-state index >= 15 is 0 Å². The van der Waals surface area contributed by atoms with Gasteiger partial charge in [0, 0.05) is 115 Å². The molecular weight excluding hydrogens is 1450 g/mol. The lowest BCUT2D eigenvalue weighted by atomic mass is 10.2. The van der Waals surface area contributed by atoms with Crippen LogP contribution in [0.4, 0.5) is 47.1 Å². The van der Waals surface area contributed by atoms with Crippen LogP contribution >= 0.6 is 0 Å². The first kappa shape index (κ1) is 81.2. The summed E-state index contributed by atoms with van der Waals surface area (Å²) >= 11 is 0. The highest BCUT2D eigenvalue weighted by Crippen LogP contribution is 2.22. The topological polar surface area (TPSA) is 432 Å². The SMILES string of the molecule is CCNc1ccc(C(=O)Nc2nc(C)nc(-c3ccccn3)n2)cn1.Cc1nc(NC(=O)c2ccc(N3CCN(C)CC3)nc2C)nc(-c2ccccn2)n1.Cc1nc(NC(=O)c2ccc(NCCN(C)C)nc2)nc(-c2ccccn2)n1.Cc1nc(NC(=O)c2ccc(NCCN3CCOCC3)nc2)nc(-c2ccccn2)n1. The van der Waals surface area contributed by atoms with Crippen LogP contribution in [0.3, 0.4) is 0 Å². The molecule has 0 aromatic carbocycles. The minimum atomic E-state index is -0.343. The third-order valence-corrected chi connectivity index (χ3v) is 16.7. The Bertz CT molecular complexity index is 5130. The minimum absolute atomic E-state index is 0.172. The van der Waals surface area contributed by atoms with Crippen molar-refractivity contribution in [3.8, 4) is 46.1 Å². The molecule has 14 heterocycles. The molecule has 114 heavy (non-hydrogen) atoms. The number of hydrogen-bond acceptors (Lipinski definition) is 32. The molecule has 584 valence electrons. The van der Waals surface area contributed by atoms with Gasteiger partial charge in [0.05, 0.1) is 41.2 Å². The standard InChI is InChI=1S/C21H24N8O2.C21H24N8O.C19H22N8O.C17H17N7O/c1-15-25-19(17-4-2-3-7-22-17)27-21(26-15)28-20(30)16-5-6-18(24-14-16)23-8-9-29-10-12-31-13-11-29;1-14-16(7-8-18(23-14)29-12-10-28(3)11-13-29)20(30)27-21-25-15(2)24-19(26-21)17-6-4-5-9-22-17;1-13-23-17(15-6-4-5-9-20-15)25-19(24-13)26-18(28)14-7-8-16(22-12-14)21-10-11-27(2)3;1-3-18-14-8-7-12(10-20-14)16(25)24-17-22-11(2)21-15(23-17)13-6-4-5-9-19-13/h2-7,14H,8-13H2,1H3,(H,23,24)(H,25,26,27,28,30);4-9H,10-13H2,1-3H3,(H,24,25,26,27,30);4-9,12H,10-11H2,1-3H3,(H,21,22)(H,23,24,25,26,28);4-10H,3H2,1-2H3,(H,18,20)(H,21,22,23,24,25). The number of morpholine rings is 1. The number of aromatic nitrogens is 20. The molecule has 0 spiro atoms. The molecule has 0 aliphatic carbocycles. The summed E-state index contributed by atoms with van der Waals surface area (Å²) in [5.74, 6) is 6.03. The average Bonchev–Trinajstić information content (AvgIpc) is 0.833. The Morgan fingerprint density at radius 2 is 0.781 bits per heavy atom. The predicted molar refractivity (Wildman–Crippen MR) is 431 cm³/mol. The minimum Gasteiger partial charge on any atom is -0.379 e. The second kappa shape index (κ2) is 40.7. The van der Waals surface area contributed by atoms with Gasteiger partial charge in [-0.15, -0.1) is 0 Å².